The summed E-state index contributed by atoms with van der Waals surface area (Å²) in [6.45, 7) is 3.44. The van der Waals surface area contributed by atoms with Gasteiger partial charge in [0.2, 0.25) is 0 Å². The number of hydrogen-bond donors (Lipinski definition) is 1. The summed E-state index contributed by atoms with van der Waals surface area (Å²) in [6, 6.07) is 4.97. The fraction of sp³-hybridized carbons (Fsp3) is 0.571. The molecule has 0 amide bonds. The number of ether oxygens (including phenoxy) is 2. The minimum absolute atomic E-state index is 0.0109. The fourth-order valence-electron chi connectivity index (χ4n) is 2.22. The molecule has 0 aromatic heterocycles. The summed E-state index contributed by atoms with van der Waals surface area (Å²) in [5, 5.41) is 3.08. The van der Waals surface area contributed by atoms with Crippen molar-refractivity contribution in [1.29, 1.82) is 0 Å². The zero-order valence-electron chi connectivity index (χ0n) is 11.3. The smallest absolute Gasteiger partial charge is 0.389 e. The summed E-state index contributed by atoms with van der Waals surface area (Å²) in [4.78, 5) is 0. The molecule has 1 atom stereocenters. The topological polar surface area (TPSA) is 30.5 Å². The molecule has 1 heterocycles. The number of hydrogen-bond acceptors (Lipinski definition) is 3. The van der Waals surface area contributed by atoms with Crippen LogP contribution in [0.3, 0.4) is 0 Å². The Labute approximate surface area is 116 Å². The molecule has 0 bridgehead atoms. The summed E-state index contributed by atoms with van der Waals surface area (Å²) in [5.41, 5.74) is 0.792. The van der Waals surface area contributed by atoms with Gasteiger partial charge in [0.1, 0.15) is 13.2 Å². The van der Waals surface area contributed by atoms with Gasteiger partial charge in [-0.15, -0.1) is 0 Å². The lowest BCUT2D eigenvalue weighted by Gasteiger charge is -2.23. The second-order valence-corrected chi connectivity index (χ2v) is 4.67. The summed E-state index contributed by atoms with van der Waals surface area (Å²) in [5.74, 6) is 1.25. The first-order valence-corrected chi connectivity index (χ1v) is 6.69. The van der Waals surface area contributed by atoms with E-state index in [-0.39, 0.29) is 12.5 Å². The second-order valence-electron chi connectivity index (χ2n) is 4.67. The monoisotopic (exact) mass is 289 g/mol. The van der Waals surface area contributed by atoms with Crippen molar-refractivity contribution in [2.24, 2.45) is 0 Å². The molecule has 0 aliphatic carbocycles. The highest BCUT2D eigenvalue weighted by molar-refractivity contribution is 5.44. The number of halogens is 3. The van der Waals surface area contributed by atoms with Crippen molar-refractivity contribution < 1.29 is 22.6 Å². The van der Waals surface area contributed by atoms with E-state index in [2.05, 4.69) is 5.32 Å². The quantitative estimate of drug-likeness (QED) is 0.900. The highest BCUT2D eigenvalue weighted by atomic mass is 19.4. The van der Waals surface area contributed by atoms with Gasteiger partial charge in [0, 0.05) is 12.5 Å². The van der Waals surface area contributed by atoms with Gasteiger partial charge >= 0.3 is 6.18 Å². The Morgan fingerprint density at radius 1 is 1.20 bits per heavy atom. The highest BCUT2D eigenvalue weighted by Crippen LogP contribution is 2.34. The number of nitrogens with one attached hydrogen (secondary N) is 1. The molecule has 0 saturated carbocycles. The van der Waals surface area contributed by atoms with E-state index in [0.717, 1.165) is 5.56 Å². The molecule has 20 heavy (non-hydrogen) atoms. The molecule has 0 fully saturated rings. The zero-order chi connectivity index (χ0) is 14.6. The number of benzene rings is 1. The fourth-order valence-corrected chi connectivity index (χ4v) is 2.22. The second kappa shape index (κ2) is 6.35. The maximum absolute atomic E-state index is 12.4. The standard InChI is InChI=1S/C14H18F3NO2/c1-2-18-11(5-6-14(15,16)17)10-3-4-12-13(9-10)20-8-7-19-12/h3-4,9,11,18H,2,5-8H2,1H3. The van der Waals surface area contributed by atoms with Crippen LogP contribution in [0.5, 0.6) is 11.5 Å². The zero-order valence-corrected chi connectivity index (χ0v) is 11.3. The molecule has 112 valence electrons. The van der Waals surface area contributed by atoms with E-state index in [9.17, 15) is 13.2 Å². The van der Waals surface area contributed by atoms with E-state index in [4.69, 9.17) is 9.47 Å². The summed E-state index contributed by atoms with van der Waals surface area (Å²) < 4.78 is 48.0. The third-order valence-electron chi connectivity index (χ3n) is 3.14. The van der Waals surface area contributed by atoms with Crippen molar-refractivity contribution in [3.63, 3.8) is 0 Å². The molecule has 0 saturated heterocycles. The van der Waals surface area contributed by atoms with E-state index in [0.29, 0.717) is 31.3 Å². The Morgan fingerprint density at radius 2 is 1.90 bits per heavy atom. The largest absolute Gasteiger partial charge is 0.486 e. The van der Waals surface area contributed by atoms with Crippen LogP contribution in [-0.4, -0.2) is 25.9 Å². The van der Waals surface area contributed by atoms with Gasteiger partial charge in [0.15, 0.2) is 11.5 Å². The van der Waals surface area contributed by atoms with Crippen molar-refractivity contribution in [2.45, 2.75) is 32.0 Å². The minimum atomic E-state index is -4.14. The normalized spacial score (nSPS) is 16.0. The van der Waals surface area contributed by atoms with E-state index in [1.165, 1.54) is 0 Å². The Morgan fingerprint density at radius 3 is 2.55 bits per heavy atom. The molecule has 0 radical (unpaired) electrons. The highest BCUT2D eigenvalue weighted by Gasteiger charge is 2.29. The van der Waals surface area contributed by atoms with Gasteiger partial charge in [-0.05, 0) is 30.7 Å². The van der Waals surface area contributed by atoms with E-state index >= 15 is 0 Å². The molecule has 0 spiro atoms. The molecule has 1 aromatic carbocycles. The average Bonchev–Trinajstić information content (AvgIpc) is 2.42. The van der Waals surface area contributed by atoms with E-state index in [1.54, 1.807) is 18.2 Å². The van der Waals surface area contributed by atoms with Crippen LogP contribution in [0.1, 0.15) is 31.4 Å². The molecule has 1 aromatic rings. The molecule has 1 unspecified atom stereocenters. The summed E-state index contributed by atoms with van der Waals surface area (Å²) in [6.07, 6.45) is -4.93. The van der Waals surface area contributed by atoms with Crippen molar-refractivity contribution in [1.82, 2.24) is 5.32 Å². The van der Waals surface area contributed by atoms with Crippen LogP contribution in [0.2, 0.25) is 0 Å². The maximum Gasteiger partial charge on any atom is 0.389 e. The van der Waals surface area contributed by atoms with Crippen LogP contribution in [0, 0.1) is 0 Å². The molecule has 2 rings (SSSR count). The van der Waals surface area contributed by atoms with Gasteiger partial charge in [0.25, 0.3) is 0 Å². The molecular formula is C14H18F3NO2. The number of fused-ring (bicyclic) bond motifs is 1. The van der Waals surface area contributed by atoms with Crippen molar-refractivity contribution in [2.75, 3.05) is 19.8 Å². The lowest BCUT2D eigenvalue weighted by Crippen LogP contribution is -2.23. The molecule has 1 aliphatic rings. The summed E-state index contributed by atoms with van der Waals surface area (Å²) in [7, 11) is 0. The predicted octanol–water partition coefficient (Wildman–Crippen LogP) is 3.45. The van der Waals surface area contributed by atoms with Crippen molar-refractivity contribution in [3.8, 4) is 11.5 Å². The van der Waals surface area contributed by atoms with E-state index in [1.807, 2.05) is 6.92 Å². The van der Waals surface area contributed by atoms with Gasteiger partial charge in [-0.2, -0.15) is 13.2 Å². The first-order chi connectivity index (χ1) is 9.49. The van der Waals surface area contributed by atoms with Crippen LogP contribution >= 0.6 is 0 Å². The van der Waals surface area contributed by atoms with Gasteiger partial charge < -0.3 is 14.8 Å². The third-order valence-corrected chi connectivity index (χ3v) is 3.14. The predicted molar refractivity (Wildman–Crippen MR) is 69.1 cm³/mol. The van der Waals surface area contributed by atoms with Crippen LogP contribution in [-0.2, 0) is 0 Å². The van der Waals surface area contributed by atoms with Crippen LogP contribution in [0.25, 0.3) is 0 Å². The number of rotatable bonds is 5. The number of alkyl halides is 3. The first-order valence-electron chi connectivity index (χ1n) is 6.69. The van der Waals surface area contributed by atoms with Gasteiger partial charge in [-0.25, -0.2) is 0 Å². The SMILES string of the molecule is CCNC(CCC(F)(F)F)c1ccc2c(c1)OCCO2. The van der Waals surface area contributed by atoms with E-state index < -0.39 is 12.6 Å². The Bertz CT molecular complexity index is 449. The third kappa shape index (κ3) is 4.03. The molecule has 1 aliphatic heterocycles. The minimum Gasteiger partial charge on any atom is -0.486 e. The maximum atomic E-state index is 12.4. The molecule has 1 N–H and O–H groups in total. The lowest BCUT2D eigenvalue weighted by atomic mass is 10.0. The summed E-state index contributed by atoms with van der Waals surface area (Å²) >= 11 is 0. The Balaban J connectivity index is 2.12. The Kier molecular flexibility index (Phi) is 4.75. The molecular weight excluding hydrogens is 271 g/mol. The molecule has 3 nitrogen and oxygen atoms in total. The average molecular weight is 289 g/mol. The van der Waals surface area contributed by atoms with Gasteiger partial charge in [-0.3, -0.25) is 0 Å². The van der Waals surface area contributed by atoms with Crippen LogP contribution in [0.15, 0.2) is 18.2 Å². The van der Waals surface area contributed by atoms with Gasteiger partial charge in [-0.1, -0.05) is 13.0 Å². The first kappa shape index (κ1) is 15.0. The molecule has 6 heteroatoms. The lowest BCUT2D eigenvalue weighted by molar-refractivity contribution is -0.136. The van der Waals surface area contributed by atoms with Gasteiger partial charge in [0.05, 0.1) is 0 Å². The van der Waals surface area contributed by atoms with Crippen molar-refractivity contribution in [3.05, 3.63) is 23.8 Å². The van der Waals surface area contributed by atoms with Crippen LogP contribution < -0.4 is 14.8 Å². The van der Waals surface area contributed by atoms with Crippen molar-refractivity contribution >= 4 is 0 Å². The Hall–Kier alpha value is -1.43. The van der Waals surface area contributed by atoms with Crippen LogP contribution in [0.4, 0.5) is 13.2 Å².